The van der Waals surface area contributed by atoms with E-state index in [1.807, 2.05) is 13.0 Å². The summed E-state index contributed by atoms with van der Waals surface area (Å²) in [5, 5.41) is 0. The molecular formula is C14H17NO2S. The molecule has 0 radical (unpaired) electrons. The summed E-state index contributed by atoms with van der Waals surface area (Å²) in [5.41, 5.74) is 2.25. The quantitative estimate of drug-likeness (QED) is 0.887. The highest BCUT2D eigenvalue weighted by Gasteiger charge is 2.12. The van der Waals surface area contributed by atoms with Crippen molar-refractivity contribution in [3.8, 4) is 0 Å². The Hall–Kier alpha value is -1.39. The van der Waals surface area contributed by atoms with Crippen LogP contribution in [0.4, 0.5) is 0 Å². The van der Waals surface area contributed by atoms with Gasteiger partial charge in [0.2, 0.25) is 10.0 Å². The van der Waals surface area contributed by atoms with Crippen LogP contribution in [0.25, 0.3) is 0 Å². The molecule has 0 aromatic heterocycles. The summed E-state index contributed by atoms with van der Waals surface area (Å²) in [5.74, 6) is 0. The van der Waals surface area contributed by atoms with Gasteiger partial charge in [-0.25, -0.2) is 13.1 Å². The van der Waals surface area contributed by atoms with E-state index in [4.69, 9.17) is 0 Å². The monoisotopic (exact) mass is 263 g/mol. The molecule has 0 atom stereocenters. The average Bonchev–Trinajstić information content (AvgIpc) is 2.82. The molecule has 1 N–H and O–H groups in total. The zero-order chi connectivity index (χ0) is 13.0. The van der Waals surface area contributed by atoms with Crippen LogP contribution in [0.3, 0.4) is 0 Å². The van der Waals surface area contributed by atoms with Gasteiger partial charge in [0.05, 0.1) is 4.90 Å². The van der Waals surface area contributed by atoms with Crippen molar-refractivity contribution in [3.05, 3.63) is 53.6 Å². The van der Waals surface area contributed by atoms with Crippen LogP contribution in [0.15, 0.2) is 53.0 Å². The fraction of sp³-hybridized carbons (Fsp3) is 0.286. The highest BCUT2D eigenvalue weighted by Crippen LogP contribution is 2.13. The second-order valence-electron chi connectivity index (χ2n) is 4.38. The summed E-state index contributed by atoms with van der Waals surface area (Å²) in [6.07, 6.45) is 7.92. The summed E-state index contributed by atoms with van der Waals surface area (Å²) in [7, 11) is -3.37. The zero-order valence-corrected chi connectivity index (χ0v) is 11.2. The van der Waals surface area contributed by atoms with Crippen molar-refractivity contribution < 1.29 is 8.42 Å². The highest BCUT2D eigenvalue weighted by molar-refractivity contribution is 7.89. The van der Waals surface area contributed by atoms with Gasteiger partial charge in [0.15, 0.2) is 0 Å². The third-order valence-corrected chi connectivity index (χ3v) is 4.36. The van der Waals surface area contributed by atoms with Gasteiger partial charge in [0.25, 0.3) is 0 Å². The van der Waals surface area contributed by atoms with Gasteiger partial charge in [-0.2, -0.15) is 0 Å². The minimum atomic E-state index is -3.37. The number of aryl methyl sites for hydroxylation is 1. The second-order valence-corrected chi connectivity index (χ2v) is 6.14. The lowest BCUT2D eigenvalue weighted by Gasteiger charge is -2.07. The fourth-order valence-corrected chi connectivity index (χ4v) is 2.85. The minimum Gasteiger partial charge on any atom is -0.211 e. The smallest absolute Gasteiger partial charge is 0.211 e. The molecule has 0 bridgehead atoms. The molecule has 0 saturated carbocycles. The van der Waals surface area contributed by atoms with E-state index in [-0.39, 0.29) is 0 Å². The fourth-order valence-electron chi connectivity index (χ4n) is 1.82. The van der Waals surface area contributed by atoms with Crippen LogP contribution in [-0.4, -0.2) is 15.0 Å². The summed E-state index contributed by atoms with van der Waals surface area (Å²) in [6, 6.07) is 6.87. The van der Waals surface area contributed by atoms with Gasteiger partial charge < -0.3 is 0 Å². The standard InChI is InChI=1S/C14H17NO2S/c1-12-6-8-14(9-7-12)18(16,17)15-11-10-13-4-2-3-5-13/h2,4-9,15H,3,10-11H2,1H3. The van der Waals surface area contributed by atoms with Crippen molar-refractivity contribution in [3.63, 3.8) is 0 Å². The Bertz CT molecular complexity index is 568. The van der Waals surface area contributed by atoms with E-state index in [9.17, 15) is 8.42 Å². The number of hydrogen-bond acceptors (Lipinski definition) is 2. The van der Waals surface area contributed by atoms with Crippen LogP contribution < -0.4 is 4.72 Å². The number of rotatable bonds is 5. The molecule has 0 saturated heterocycles. The number of nitrogens with one attached hydrogen (secondary N) is 1. The second kappa shape index (κ2) is 5.50. The summed E-state index contributed by atoms with van der Waals surface area (Å²) in [6.45, 7) is 2.37. The predicted molar refractivity (Wildman–Crippen MR) is 72.8 cm³/mol. The maximum atomic E-state index is 12.0. The van der Waals surface area contributed by atoms with Crippen LogP contribution in [0, 0.1) is 6.92 Å². The lowest BCUT2D eigenvalue weighted by molar-refractivity contribution is 0.581. The van der Waals surface area contributed by atoms with Crippen LogP contribution in [0.5, 0.6) is 0 Å². The molecule has 2 rings (SSSR count). The molecule has 0 aliphatic heterocycles. The van der Waals surface area contributed by atoms with Gasteiger partial charge in [-0.1, -0.05) is 41.5 Å². The minimum absolute atomic E-state index is 0.323. The molecule has 0 spiro atoms. The number of benzene rings is 1. The lowest BCUT2D eigenvalue weighted by atomic mass is 10.2. The molecule has 0 heterocycles. The van der Waals surface area contributed by atoms with Crippen LogP contribution >= 0.6 is 0 Å². The molecule has 0 fully saturated rings. The van der Waals surface area contributed by atoms with E-state index < -0.39 is 10.0 Å². The Labute approximate surface area is 108 Å². The lowest BCUT2D eigenvalue weighted by Crippen LogP contribution is -2.24. The Morgan fingerprint density at radius 3 is 2.56 bits per heavy atom. The average molecular weight is 263 g/mol. The van der Waals surface area contributed by atoms with E-state index in [1.165, 1.54) is 5.57 Å². The van der Waals surface area contributed by atoms with E-state index in [0.29, 0.717) is 11.4 Å². The van der Waals surface area contributed by atoms with E-state index in [0.717, 1.165) is 18.4 Å². The third kappa shape index (κ3) is 3.31. The summed E-state index contributed by atoms with van der Waals surface area (Å²) < 4.78 is 26.6. The first-order chi connectivity index (χ1) is 8.58. The van der Waals surface area contributed by atoms with Gasteiger partial charge in [0, 0.05) is 6.54 Å². The van der Waals surface area contributed by atoms with Crippen molar-refractivity contribution in [2.75, 3.05) is 6.54 Å². The van der Waals surface area contributed by atoms with Crippen molar-refractivity contribution in [2.24, 2.45) is 0 Å². The van der Waals surface area contributed by atoms with Gasteiger partial charge in [0.1, 0.15) is 0 Å². The molecule has 96 valence electrons. The van der Waals surface area contributed by atoms with E-state index in [2.05, 4.69) is 16.9 Å². The topological polar surface area (TPSA) is 46.2 Å². The SMILES string of the molecule is Cc1ccc(S(=O)(=O)NCCC2=CCC=C2)cc1. The normalized spacial score (nSPS) is 14.8. The largest absolute Gasteiger partial charge is 0.240 e. The summed E-state index contributed by atoms with van der Waals surface area (Å²) in [4.78, 5) is 0.323. The van der Waals surface area contributed by atoms with Gasteiger partial charge in [-0.05, 0) is 31.9 Å². The van der Waals surface area contributed by atoms with Crippen molar-refractivity contribution in [1.29, 1.82) is 0 Å². The first-order valence-corrected chi connectivity index (χ1v) is 7.48. The molecule has 4 heteroatoms. The van der Waals surface area contributed by atoms with Crippen molar-refractivity contribution in [1.82, 2.24) is 4.72 Å². The van der Waals surface area contributed by atoms with E-state index >= 15 is 0 Å². The van der Waals surface area contributed by atoms with Crippen LogP contribution in [0.2, 0.25) is 0 Å². The molecule has 1 aliphatic rings. The van der Waals surface area contributed by atoms with Crippen LogP contribution in [-0.2, 0) is 10.0 Å². The highest BCUT2D eigenvalue weighted by atomic mass is 32.2. The van der Waals surface area contributed by atoms with Gasteiger partial charge >= 0.3 is 0 Å². The molecule has 0 unspecified atom stereocenters. The predicted octanol–water partition coefficient (Wildman–Crippen LogP) is 2.55. The van der Waals surface area contributed by atoms with Gasteiger partial charge in [-0.3, -0.25) is 0 Å². The molecule has 3 nitrogen and oxygen atoms in total. The Kier molecular flexibility index (Phi) is 3.99. The zero-order valence-electron chi connectivity index (χ0n) is 10.4. The maximum absolute atomic E-state index is 12.0. The molecule has 1 aromatic rings. The first-order valence-electron chi connectivity index (χ1n) is 6.00. The Morgan fingerprint density at radius 1 is 1.22 bits per heavy atom. The van der Waals surface area contributed by atoms with Gasteiger partial charge in [-0.15, -0.1) is 0 Å². The number of hydrogen-bond donors (Lipinski definition) is 1. The maximum Gasteiger partial charge on any atom is 0.240 e. The first kappa shape index (κ1) is 13.1. The van der Waals surface area contributed by atoms with Crippen molar-refractivity contribution in [2.45, 2.75) is 24.7 Å². The molecule has 1 aliphatic carbocycles. The molecule has 1 aromatic carbocycles. The Morgan fingerprint density at radius 2 is 1.94 bits per heavy atom. The van der Waals surface area contributed by atoms with Crippen molar-refractivity contribution >= 4 is 10.0 Å². The number of sulfonamides is 1. The molecular weight excluding hydrogens is 246 g/mol. The molecule has 18 heavy (non-hydrogen) atoms. The summed E-state index contributed by atoms with van der Waals surface area (Å²) >= 11 is 0. The third-order valence-electron chi connectivity index (χ3n) is 2.89. The van der Waals surface area contributed by atoms with E-state index in [1.54, 1.807) is 24.3 Å². The molecule has 0 amide bonds. The number of allylic oxidation sites excluding steroid dienone is 3. The van der Waals surface area contributed by atoms with Crippen LogP contribution in [0.1, 0.15) is 18.4 Å². The Balaban J connectivity index is 1.95.